The molecule has 21 heavy (non-hydrogen) atoms. The lowest BCUT2D eigenvalue weighted by atomic mass is 9.90. The van der Waals surface area contributed by atoms with Gasteiger partial charge in [0.1, 0.15) is 5.82 Å². The van der Waals surface area contributed by atoms with E-state index in [4.69, 9.17) is 4.74 Å². The summed E-state index contributed by atoms with van der Waals surface area (Å²) >= 11 is 0. The molecule has 2 aromatic carbocycles. The van der Waals surface area contributed by atoms with E-state index in [1.807, 2.05) is 32.0 Å². The first-order valence-corrected chi connectivity index (χ1v) is 6.80. The van der Waals surface area contributed by atoms with Gasteiger partial charge in [0.25, 0.3) is 0 Å². The Kier molecular flexibility index (Phi) is 3.26. The van der Waals surface area contributed by atoms with Crippen LogP contribution in [0.3, 0.4) is 0 Å². The molecule has 1 N–H and O–H groups in total. The molecule has 0 spiro atoms. The molecule has 0 bridgehead atoms. The van der Waals surface area contributed by atoms with E-state index in [1.54, 1.807) is 18.2 Å². The molecule has 0 aliphatic carbocycles. The quantitative estimate of drug-likeness (QED) is 0.855. The summed E-state index contributed by atoms with van der Waals surface area (Å²) in [6.45, 7) is 3.79. The monoisotopic (exact) mass is 285 g/mol. The summed E-state index contributed by atoms with van der Waals surface area (Å²) < 4.78 is 19.6. The van der Waals surface area contributed by atoms with Gasteiger partial charge in [0.15, 0.2) is 12.5 Å². The third kappa shape index (κ3) is 2.43. The van der Waals surface area contributed by atoms with Crippen molar-refractivity contribution in [2.75, 3.05) is 5.32 Å². The van der Waals surface area contributed by atoms with Crippen molar-refractivity contribution in [1.82, 2.24) is 0 Å². The minimum Gasteiger partial charge on any atom is -0.354 e. The number of fused-ring (bicyclic) bond motifs is 1. The molecule has 1 aliphatic heterocycles. The SMILES string of the molecule is CC1(C)OC(C=O)Nc2ccc(-c3ccccc3F)cc21. The molecule has 0 aromatic heterocycles. The number of nitrogens with one attached hydrogen (secondary N) is 1. The zero-order valence-electron chi connectivity index (χ0n) is 11.9. The summed E-state index contributed by atoms with van der Waals surface area (Å²) in [6, 6.07) is 12.3. The third-order valence-corrected chi connectivity index (χ3v) is 3.70. The van der Waals surface area contributed by atoms with Crippen LogP contribution >= 0.6 is 0 Å². The second-order valence-corrected chi connectivity index (χ2v) is 5.57. The molecule has 2 aromatic rings. The van der Waals surface area contributed by atoms with Crippen LogP contribution in [0.15, 0.2) is 42.5 Å². The van der Waals surface area contributed by atoms with Gasteiger partial charge in [0, 0.05) is 16.8 Å². The van der Waals surface area contributed by atoms with Gasteiger partial charge in [0.05, 0.1) is 5.60 Å². The van der Waals surface area contributed by atoms with Crippen LogP contribution in [-0.4, -0.2) is 12.5 Å². The lowest BCUT2D eigenvalue weighted by Crippen LogP contribution is -2.39. The van der Waals surface area contributed by atoms with Crippen LogP contribution in [0.5, 0.6) is 0 Å². The molecule has 0 radical (unpaired) electrons. The van der Waals surface area contributed by atoms with E-state index in [0.717, 1.165) is 23.1 Å². The van der Waals surface area contributed by atoms with Crippen LogP contribution in [0.2, 0.25) is 0 Å². The summed E-state index contributed by atoms with van der Waals surface area (Å²) in [7, 11) is 0. The van der Waals surface area contributed by atoms with Crippen LogP contribution in [0, 0.1) is 5.82 Å². The minimum absolute atomic E-state index is 0.259. The molecule has 1 heterocycles. The molecule has 3 nitrogen and oxygen atoms in total. The maximum Gasteiger partial charge on any atom is 0.185 e. The number of hydrogen-bond acceptors (Lipinski definition) is 3. The molecule has 1 atom stereocenters. The normalized spacial score (nSPS) is 19.5. The van der Waals surface area contributed by atoms with Gasteiger partial charge in [-0.25, -0.2) is 4.39 Å². The molecule has 0 saturated heterocycles. The fourth-order valence-corrected chi connectivity index (χ4v) is 2.66. The number of ether oxygens (including phenoxy) is 1. The van der Waals surface area contributed by atoms with E-state index >= 15 is 0 Å². The fraction of sp³-hybridized carbons (Fsp3) is 0.235. The van der Waals surface area contributed by atoms with E-state index in [2.05, 4.69) is 5.32 Å². The highest BCUT2D eigenvalue weighted by atomic mass is 19.1. The smallest absolute Gasteiger partial charge is 0.185 e. The molecule has 0 fully saturated rings. The molecule has 0 saturated carbocycles. The number of benzene rings is 2. The number of carbonyl (C=O) groups excluding carboxylic acids is 1. The highest BCUT2D eigenvalue weighted by Crippen LogP contribution is 2.39. The van der Waals surface area contributed by atoms with E-state index in [1.165, 1.54) is 6.07 Å². The van der Waals surface area contributed by atoms with E-state index in [-0.39, 0.29) is 5.82 Å². The Bertz CT molecular complexity index is 697. The van der Waals surface area contributed by atoms with Gasteiger partial charge in [-0.1, -0.05) is 24.3 Å². The first kappa shape index (κ1) is 13.8. The molecule has 4 heteroatoms. The van der Waals surface area contributed by atoms with Gasteiger partial charge in [-0.3, -0.25) is 4.79 Å². The van der Waals surface area contributed by atoms with Crippen molar-refractivity contribution in [2.45, 2.75) is 25.7 Å². The van der Waals surface area contributed by atoms with Gasteiger partial charge in [-0.05, 0) is 37.6 Å². The summed E-state index contributed by atoms with van der Waals surface area (Å²) in [5, 5.41) is 3.01. The first-order valence-electron chi connectivity index (χ1n) is 6.80. The summed E-state index contributed by atoms with van der Waals surface area (Å²) in [6.07, 6.45) is 0.0713. The van der Waals surface area contributed by atoms with Crippen molar-refractivity contribution < 1.29 is 13.9 Å². The average Bonchev–Trinajstić information content (AvgIpc) is 2.47. The predicted octanol–water partition coefficient (Wildman–Crippen LogP) is 3.69. The van der Waals surface area contributed by atoms with Crippen LogP contribution < -0.4 is 5.32 Å². The van der Waals surface area contributed by atoms with Gasteiger partial charge < -0.3 is 10.1 Å². The summed E-state index contributed by atoms with van der Waals surface area (Å²) in [5.74, 6) is -0.259. The van der Waals surface area contributed by atoms with Crippen molar-refractivity contribution >= 4 is 12.0 Å². The Morgan fingerprint density at radius 3 is 2.71 bits per heavy atom. The van der Waals surface area contributed by atoms with Gasteiger partial charge in [-0.2, -0.15) is 0 Å². The minimum atomic E-state index is -0.660. The second kappa shape index (κ2) is 4.97. The average molecular weight is 285 g/mol. The lowest BCUT2D eigenvalue weighted by molar-refractivity contribution is -0.128. The number of rotatable bonds is 2. The molecular formula is C17H16FNO2. The van der Waals surface area contributed by atoms with Crippen LogP contribution in [-0.2, 0) is 15.1 Å². The van der Waals surface area contributed by atoms with Gasteiger partial charge >= 0.3 is 0 Å². The van der Waals surface area contributed by atoms with E-state index in [9.17, 15) is 9.18 Å². The molecule has 1 unspecified atom stereocenters. The van der Waals surface area contributed by atoms with Gasteiger partial charge in [0.2, 0.25) is 0 Å². The molecule has 1 aliphatic rings. The van der Waals surface area contributed by atoms with E-state index in [0.29, 0.717) is 5.56 Å². The van der Waals surface area contributed by atoms with Crippen LogP contribution in [0.25, 0.3) is 11.1 Å². The van der Waals surface area contributed by atoms with Crippen LogP contribution in [0.4, 0.5) is 10.1 Å². The molecule has 3 rings (SSSR count). The Morgan fingerprint density at radius 1 is 1.24 bits per heavy atom. The number of halogens is 1. The zero-order chi connectivity index (χ0) is 15.0. The first-order chi connectivity index (χ1) is 10.0. The standard InChI is InChI=1S/C17H16FNO2/c1-17(2)13-9-11(12-5-3-4-6-14(12)18)7-8-15(13)19-16(10-20)21-17/h3-10,16,19H,1-2H3. The molecule has 0 amide bonds. The highest BCUT2D eigenvalue weighted by molar-refractivity contribution is 5.73. The maximum atomic E-state index is 13.9. The van der Waals surface area contributed by atoms with Gasteiger partial charge in [-0.15, -0.1) is 0 Å². The number of aldehydes is 1. The Morgan fingerprint density at radius 2 is 2.00 bits per heavy atom. The van der Waals surface area contributed by atoms with E-state index < -0.39 is 11.8 Å². The zero-order valence-corrected chi connectivity index (χ0v) is 11.9. The Balaban J connectivity index is 2.10. The Hall–Kier alpha value is -2.20. The predicted molar refractivity (Wildman–Crippen MR) is 79.4 cm³/mol. The van der Waals surface area contributed by atoms with Crippen molar-refractivity contribution in [2.24, 2.45) is 0 Å². The summed E-state index contributed by atoms with van der Waals surface area (Å²) in [5.41, 5.74) is 2.46. The Labute approximate surface area is 122 Å². The topological polar surface area (TPSA) is 38.3 Å². The highest BCUT2D eigenvalue weighted by Gasteiger charge is 2.33. The van der Waals surface area contributed by atoms with Crippen LogP contribution in [0.1, 0.15) is 19.4 Å². The molecule has 108 valence electrons. The van der Waals surface area contributed by atoms with Crippen molar-refractivity contribution in [3.8, 4) is 11.1 Å². The van der Waals surface area contributed by atoms with Crippen molar-refractivity contribution in [1.29, 1.82) is 0 Å². The second-order valence-electron chi connectivity index (χ2n) is 5.57. The summed E-state index contributed by atoms with van der Waals surface area (Å²) in [4.78, 5) is 11.0. The van der Waals surface area contributed by atoms with Crippen molar-refractivity contribution in [3.05, 3.63) is 53.8 Å². The fourth-order valence-electron chi connectivity index (χ4n) is 2.66. The number of anilines is 1. The largest absolute Gasteiger partial charge is 0.354 e. The number of hydrogen-bond donors (Lipinski definition) is 1. The lowest BCUT2D eigenvalue weighted by Gasteiger charge is -2.37. The third-order valence-electron chi connectivity index (χ3n) is 3.70. The maximum absolute atomic E-state index is 13.9. The van der Waals surface area contributed by atoms with Crippen molar-refractivity contribution in [3.63, 3.8) is 0 Å². The molecular weight excluding hydrogens is 269 g/mol. The number of carbonyl (C=O) groups is 1.